The molecule has 0 spiro atoms. The molecule has 0 N–H and O–H groups in total. The molecule has 0 aromatic heterocycles. The van der Waals surface area contributed by atoms with Gasteiger partial charge in [-0.3, -0.25) is 4.79 Å². The molecule has 19 heavy (non-hydrogen) atoms. The number of para-hydroxylation sites is 1. The lowest BCUT2D eigenvalue weighted by atomic mass is 10.1. The lowest BCUT2D eigenvalue weighted by Crippen LogP contribution is -2.00. The summed E-state index contributed by atoms with van der Waals surface area (Å²) in [6, 6.07) is 8.03. The van der Waals surface area contributed by atoms with Crippen LogP contribution >= 0.6 is 15.9 Å². The number of hydrogen-bond acceptors (Lipinski definition) is 2. The van der Waals surface area contributed by atoms with Gasteiger partial charge in [0.2, 0.25) is 0 Å². The summed E-state index contributed by atoms with van der Waals surface area (Å²) in [6.07, 6.45) is 0. The molecule has 0 atom stereocenters. The second-order valence-corrected chi connectivity index (χ2v) is 4.77. The van der Waals surface area contributed by atoms with E-state index >= 15 is 0 Å². The van der Waals surface area contributed by atoms with Crippen LogP contribution in [0.5, 0.6) is 11.5 Å². The van der Waals surface area contributed by atoms with Crippen LogP contribution in [0.2, 0.25) is 0 Å². The average molecular weight is 327 g/mol. The van der Waals surface area contributed by atoms with Crippen LogP contribution in [0.15, 0.2) is 40.9 Å². The molecule has 0 saturated carbocycles. The Morgan fingerprint density at radius 3 is 2.58 bits per heavy atom. The summed E-state index contributed by atoms with van der Waals surface area (Å²) in [6.45, 7) is 1.29. The summed E-state index contributed by atoms with van der Waals surface area (Å²) in [4.78, 5) is 11.4. The Kier molecular flexibility index (Phi) is 3.95. The van der Waals surface area contributed by atoms with Crippen LogP contribution in [0.1, 0.15) is 17.3 Å². The predicted molar refractivity (Wildman–Crippen MR) is 70.6 cm³/mol. The third-order valence-corrected chi connectivity index (χ3v) is 2.94. The standard InChI is InChI=1S/C14H9BrF2O2/c1-8(18)10-3-2-4-12(17)14(10)19-13-7-9(15)5-6-11(13)16/h2-7H,1H3. The van der Waals surface area contributed by atoms with Crippen LogP contribution in [-0.4, -0.2) is 5.78 Å². The number of hydrogen-bond donors (Lipinski definition) is 0. The number of halogens is 3. The summed E-state index contributed by atoms with van der Waals surface area (Å²) in [5.41, 5.74) is 0.0689. The van der Waals surface area contributed by atoms with Crippen LogP contribution in [0.4, 0.5) is 8.78 Å². The molecule has 0 saturated heterocycles. The fraction of sp³-hybridized carbons (Fsp3) is 0.0714. The summed E-state index contributed by atoms with van der Waals surface area (Å²) in [5, 5.41) is 0. The minimum absolute atomic E-state index is 0.0689. The quantitative estimate of drug-likeness (QED) is 0.763. The van der Waals surface area contributed by atoms with Crippen LogP contribution in [-0.2, 0) is 0 Å². The molecule has 0 radical (unpaired) electrons. The van der Waals surface area contributed by atoms with Gasteiger partial charge in [-0.25, -0.2) is 8.78 Å². The molecule has 0 aliphatic carbocycles. The van der Waals surface area contributed by atoms with Crippen molar-refractivity contribution in [1.82, 2.24) is 0 Å². The van der Waals surface area contributed by atoms with Gasteiger partial charge in [-0.1, -0.05) is 22.0 Å². The smallest absolute Gasteiger partial charge is 0.173 e. The van der Waals surface area contributed by atoms with Crippen LogP contribution in [0.3, 0.4) is 0 Å². The van der Waals surface area contributed by atoms with Crippen molar-refractivity contribution in [3.63, 3.8) is 0 Å². The van der Waals surface area contributed by atoms with E-state index in [0.29, 0.717) is 4.47 Å². The minimum Gasteiger partial charge on any atom is -0.450 e. The Labute approximate surface area is 117 Å². The summed E-state index contributed by atoms with van der Waals surface area (Å²) < 4.78 is 33.1. The molecule has 2 nitrogen and oxygen atoms in total. The molecule has 0 aliphatic rings. The molecule has 0 amide bonds. The molecule has 98 valence electrons. The molecule has 0 fully saturated rings. The van der Waals surface area contributed by atoms with Gasteiger partial charge in [0.15, 0.2) is 28.9 Å². The summed E-state index contributed by atoms with van der Waals surface area (Å²) in [5.74, 6) is -2.13. The molecular formula is C14H9BrF2O2. The maximum Gasteiger partial charge on any atom is 0.173 e. The SMILES string of the molecule is CC(=O)c1cccc(F)c1Oc1cc(Br)ccc1F. The molecule has 0 bridgehead atoms. The van der Waals surface area contributed by atoms with Crippen LogP contribution in [0, 0.1) is 11.6 Å². The van der Waals surface area contributed by atoms with Gasteiger partial charge in [0.1, 0.15) is 0 Å². The second-order valence-electron chi connectivity index (χ2n) is 3.85. The van der Waals surface area contributed by atoms with E-state index in [0.717, 1.165) is 6.07 Å². The zero-order valence-electron chi connectivity index (χ0n) is 9.91. The number of benzene rings is 2. The highest BCUT2D eigenvalue weighted by Crippen LogP contribution is 2.32. The number of ether oxygens (including phenoxy) is 1. The maximum absolute atomic E-state index is 13.7. The first kappa shape index (κ1) is 13.7. The third-order valence-electron chi connectivity index (χ3n) is 2.45. The zero-order chi connectivity index (χ0) is 14.0. The van der Waals surface area contributed by atoms with Crippen molar-refractivity contribution in [2.45, 2.75) is 6.92 Å². The molecule has 0 unspecified atom stereocenters. The van der Waals surface area contributed by atoms with E-state index in [1.54, 1.807) is 0 Å². The molecule has 2 rings (SSSR count). The van der Waals surface area contributed by atoms with E-state index in [2.05, 4.69) is 15.9 Å². The first-order chi connectivity index (χ1) is 8.99. The Morgan fingerprint density at radius 1 is 1.16 bits per heavy atom. The zero-order valence-corrected chi connectivity index (χ0v) is 11.5. The van der Waals surface area contributed by atoms with Crippen LogP contribution in [0.25, 0.3) is 0 Å². The lowest BCUT2D eigenvalue weighted by molar-refractivity contribution is 0.101. The van der Waals surface area contributed by atoms with E-state index in [1.165, 1.54) is 37.3 Å². The van der Waals surface area contributed by atoms with Crippen molar-refractivity contribution >= 4 is 21.7 Å². The van der Waals surface area contributed by atoms with E-state index in [-0.39, 0.29) is 22.8 Å². The largest absolute Gasteiger partial charge is 0.450 e. The summed E-state index contributed by atoms with van der Waals surface area (Å²) in [7, 11) is 0. The molecule has 2 aromatic carbocycles. The van der Waals surface area contributed by atoms with Gasteiger partial charge in [-0.15, -0.1) is 0 Å². The first-order valence-corrected chi connectivity index (χ1v) is 6.20. The normalized spacial score (nSPS) is 10.3. The topological polar surface area (TPSA) is 26.3 Å². The monoisotopic (exact) mass is 326 g/mol. The lowest BCUT2D eigenvalue weighted by Gasteiger charge is -2.11. The molecular weight excluding hydrogens is 318 g/mol. The number of carbonyl (C=O) groups is 1. The fourth-order valence-corrected chi connectivity index (χ4v) is 1.90. The van der Waals surface area contributed by atoms with Crippen molar-refractivity contribution in [2.24, 2.45) is 0 Å². The second kappa shape index (κ2) is 5.48. The highest BCUT2D eigenvalue weighted by Gasteiger charge is 2.16. The number of rotatable bonds is 3. The fourth-order valence-electron chi connectivity index (χ4n) is 1.56. The van der Waals surface area contributed by atoms with Crippen molar-refractivity contribution in [2.75, 3.05) is 0 Å². The van der Waals surface area contributed by atoms with Gasteiger partial charge in [-0.2, -0.15) is 0 Å². The Morgan fingerprint density at radius 2 is 1.89 bits per heavy atom. The summed E-state index contributed by atoms with van der Waals surface area (Å²) >= 11 is 3.17. The van der Waals surface area contributed by atoms with Crippen molar-refractivity contribution in [3.8, 4) is 11.5 Å². The Balaban J connectivity index is 2.49. The van der Waals surface area contributed by atoms with Crippen molar-refractivity contribution in [3.05, 3.63) is 58.1 Å². The van der Waals surface area contributed by atoms with E-state index < -0.39 is 11.6 Å². The number of Topliss-reactive ketones (excluding diaryl/α,β-unsaturated/α-hetero) is 1. The predicted octanol–water partition coefficient (Wildman–Crippen LogP) is 4.72. The molecule has 2 aromatic rings. The van der Waals surface area contributed by atoms with Gasteiger partial charge >= 0.3 is 0 Å². The first-order valence-electron chi connectivity index (χ1n) is 5.41. The van der Waals surface area contributed by atoms with Crippen LogP contribution < -0.4 is 4.74 Å². The van der Waals surface area contributed by atoms with E-state index in [4.69, 9.17) is 4.74 Å². The molecule has 0 heterocycles. The van der Waals surface area contributed by atoms with Crippen molar-refractivity contribution in [1.29, 1.82) is 0 Å². The molecule has 0 aliphatic heterocycles. The van der Waals surface area contributed by atoms with E-state index in [9.17, 15) is 13.6 Å². The van der Waals surface area contributed by atoms with Gasteiger partial charge in [0.25, 0.3) is 0 Å². The highest BCUT2D eigenvalue weighted by atomic mass is 79.9. The van der Waals surface area contributed by atoms with Gasteiger partial charge < -0.3 is 4.74 Å². The minimum atomic E-state index is -0.716. The Bertz CT molecular complexity index is 641. The van der Waals surface area contributed by atoms with Crippen molar-refractivity contribution < 1.29 is 18.3 Å². The van der Waals surface area contributed by atoms with Gasteiger partial charge in [-0.05, 0) is 37.3 Å². The van der Waals surface area contributed by atoms with Gasteiger partial charge in [0.05, 0.1) is 5.56 Å². The molecule has 5 heteroatoms. The van der Waals surface area contributed by atoms with E-state index in [1.807, 2.05) is 0 Å². The van der Waals surface area contributed by atoms with Gasteiger partial charge in [0, 0.05) is 4.47 Å². The highest BCUT2D eigenvalue weighted by molar-refractivity contribution is 9.10. The average Bonchev–Trinajstić information content (AvgIpc) is 2.35. The third kappa shape index (κ3) is 2.98. The number of ketones is 1. The number of carbonyl (C=O) groups excluding carboxylic acids is 1. The Hall–Kier alpha value is -1.75. The maximum atomic E-state index is 13.7.